The van der Waals surface area contributed by atoms with Crippen molar-refractivity contribution in [3.8, 4) is 0 Å². The second-order valence-corrected chi connectivity index (χ2v) is 5.60. The first-order valence-corrected chi connectivity index (χ1v) is 7.38. The Morgan fingerprint density at radius 3 is 2.36 bits per heavy atom. The Morgan fingerprint density at radius 2 is 1.91 bits per heavy atom. The van der Waals surface area contributed by atoms with Gasteiger partial charge in [0.2, 0.25) is 11.8 Å². The van der Waals surface area contributed by atoms with Gasteiger partial charge >= 0.3 is 5.97 Å². The maximum absolute atomic E-state index is 12.1. The van der Waals surface area contributed by atoms with E-state index >= 15 is 0 Å². The lowest BCUT2D eigenvalue weighted by Gasteiger charge is -2.24. The van der Waals surface area contributed by atoms with Crippen molar-refractivity contribution in [2.45, 2.75) is 57.7 Å². The quantitative estimate of drug-likeness (QED) is 0.565. The highest BCUT2D eigenvalue weighted by Crippen LogP contribution is 2.18. The third-order valence-electron chi connectivity index (χ3n) is 3.40. The molecule has 2 atom stereocenters. The van der Waals surface area contributed by atoms with Crippen molar-refractivity contribution in [3.63, 3.8) is 0 Å². The highest BCUT2D eigenvalue weighted by Gasteiger charge is 2.27. The summed E-state index contributed by atoms with van der Waals surface area (Å²) in [7, 11) is 1.54. The van der Waals surface area contributed by atoms with Crippen LogP contribution in [0.4, 0.5) is 0 Å². The molecule has 0 aromatic rings. The van der Waals surface area contributed by atoms with Crippen LogP contribution in [-0.4, -0.2) is 59.5 Å². The van der Waals surface area contributed by atoms with Crippen molar-refractivity contribution >= 4 is 30.2 Å². The molecule has 128 valence electrons. The molecule has 7 nitrogen and oxygen atoms in total. The number of aliphatic carboxylic acids is 1. The smallest absolute Gasteiger partial charge is 0.320 e. The molecule has 22 heavy (non-hydrogen) atoms. The Balaban J connectivity index is 0.00000441. The topological polar surface area (TPSA) is 98.7 Å². The molecule has 1 aliphatic carbocycles. The van der Waals surface area contributed by atoms with Crippen molar-refractivity contribution in [1.29, 1.82) is 0 Å². The van der Waals surface area contributed by atoms with Crippen LogP contribution in [0.1, 0.15) is 39.5 Å². The van der Waals surface area contributed by atoms with Gasteiger partial charge in [-0.25, -0.2) is 0 Å². The maximum Gasteiger partial charge on any atom is 0.320 e. The molecule has 0 bridgehead atoms. The molecule has 3 N–H and O–H groups in total. The van der Waals surface area contributed by atoms with Crippen LogP contribution in [0.3, 0.4) is 0 Å². The van der Waals surface area contributed by atoms with Crippen molar-refractivity contribution < 1.29 is 19.5 Å². The first kappa shape index (κ1) is 20.7. The van der Waals surface area contributed by atoms with Gasteiger partial charge in [-0.1, -0.05) is 13.3 Å². The van der Waals surface area contributed by atoms with Gasteiger partial charge in [0.15, 0.2) is 0 Å². The van der Waals surface area contributed by atoms with Gasteiger partial charge in [0.25, 0.3) is 0 Å². The number of nitrogens with zero attached hydrogens (tertiary/aromatic N) is 1. The third kappa shape index (κ3) is 7.09. The highest BCUT2D eigenvalue weighted by molar-refractivity contribution is 5.87. The van der Waals surface area contributed by atoms with Crippen LogP contribution in [-0.2, 0) is 14.4 Å². The Labute approximate surface area is 137 Å². The van der Waals surface area contributed by atoms with E-state index in [1.807, 2.05) is 6.92 Å². The Morgan fingerprint density at radius 1 is 1.32 bits per heavy atom. The summed E-state index contributed by atoms with van der Waals surface area (Å²) >= 11 is 0. The second kappa shape index (κ2) is 9.63. The molecule has 0 spiro atoms. The lowest BCUT2D eigenvalue weighted by Crippen LogP contribution is -2.51. The van der Waals surface area contributed by atoms with E-state index < -0.39 is 18.1 Å². The average molecular weight is 336 g/mol. The zero-order valence-corrected chi connectivity index (χ0v) is 14.1. The highest BCUT2D eigenvalue weighted by atomic mass is 35.5. The molecular weight excluding hydrogens is 310 g/mol. The molecule has 2 unspecified atom stereocenters. The molecule has 0 saturated heterocycles. The first-order chi connectivity index (χ1) is 9.85. The van der Waals surface area contributed by atoms with Crippen molar-refractivity contribution in [2.75, 3.05) is 13.6 Å². The number of carbonyl (C=O) groups excluding carboxylic acids is 2. The summed E-state index contributed by atoms with van der Waals surface area (Å²) in [5.74, 6) is -1.43. The number of halogens is 1. The molecule has 2 amide bonds. The van der Waals surface area contributed by atoms with Crippen LogP contribution in [0.2, 0.25) is 0 Å². The van der Waals surface area contributed by atoms with E-state index in [4.69, 9.17) is 5.11 Å². The molecule has 8 heteroatoms. The predicted octanol–water partition coefficient (Wildman–Crippen LogP) is 0.377. The van der Waals surface area contributed by atoms with Crippen LogP contribution in [0.5, 0.6) is 0 Å². The summed E-state index contributed by atoms with van der Waals surface area (Å²) in [6, 6.07) is -1.13. The lowest BCUT2D eigenvalue weighted by molar-refractivity contribution is -0.141. The van der Waals surface area contributed by atoms with Crippen LogP contribution in [0.25, 0.3) is 0 Å². The molecule has 0 radical (unpaired) electrons. The van der Waals surface area contributed by atoms with Gasteiger partial charge in [-0.2, -0.15) is 0 Å². The van der Waals surface area contributed by atoms with Crippen LogP contribution in [0, 0.1) is 0 Å². The molecule has 1 rings (SSSR count). The Hall–Kier alpha value is -1.34. The van der Waals surface area contributed by atoms with E-state index in [0.29, 0.717) is 12.8 Å². The summed E-state index contributed by atoms with van der Waals surface area (Å²) in [5.41, 5.74) is 0. The van der Waals surface area contributed by atoms with Gasteiger partial charge in [-0.05, 0) is 26.2 Å². The number of nitrogens with one attached hydrogen (secondary N) is 2. The SMILES string of the molecule is CCCC(NC(C)C(=O)N(C)CC(=O)NC1CC1)C(=O)O.Cl. The molecule has 0 heterocycles. The third-order valence-corrected chi connectivity index (χ3v) is 3.40. The number of carboxylic acid groups (broad SMARTS) is 1. The summed E-state index contributed by atoms with van der Waals surface area (Å²) in [5, 5.41) is 14.7. The number of rotatable bonds is 9. The number of carboxylic acids is 1. The monoisotopic (exact) mass is 335 g/mol. The number of hydrogen-bond donors (Lipinski definition) is 3. The van der Waals surface area contributed by atoms with E-state index in [1.165, 1.54) is 4.90 Å². The number of likely N-dealkylation sites (N-methyl/N-ethyl adjacent to an activating group) is 1. The van der Waals surface area contributed by atoms with Crippen LogP contribution < -0.4 is 10.6 Å². The Kier molecular flexibility index (Phi) is 9.04. The number of hydrogen-bond acceptors (Lipinski definition) is 4. The van der Waals surface area contributed by atoms with Gasteiger partial charge in [-0.3, -0.25) is 19.7 Å². The van der Waals surface area contributed by atoms with Gasteiger partial charge in [0.1, 0.15) is 6.04 Å². The second-order valence-electron chi connectivity index (χ2n) is 5.60. The van der Waals surface area contributed by atoms with Crippen LogP contribution >= 0.6 is 12.4 Å². The predicted molar refractivity (Wildman–Crippen MR) is 85.0 cm³/mol. The molecule has 0 aromatic heterocycles. The fourth-order valence-electron chi connectivity index (χ4n) is 2.06. The van der Waals surface area contributed by atoms with Gasteiger partial charge < -0.3 is 15.3 Å². The largest absolute Gasteiger partial charge is 0.480 e. The molecule has 1 saturated carbocycles. The van der Waals surface area contributed by atoms with E-state index in [9.17, 15) is 14.4 Å². The fraction of sp³-hybridized carbons (Fsp3) is 0.786. The minimum absolute atomic E-state index is 0. The normalized spacial score (nSPS) is 16.1. The Bertz CT molecular complexity index is 402. The zero-order valence-electron chi connectivity index (χ0n) is 13.3. The van der Waals surface area contributed by atoms with Crippen molar-refractivity contribution in [3.05, 3.63) is 0 Å². The maximum atomic E-state index is 12.1. The van der Waals surface area contributed by atoms with E-state index in [-0.39, 0.29) is 36.8 Å². The average Bonchev–Trinajstić information content (AvgIpc) is 3.20. The minimum Gasteiger partial charge on any atom is -0.480 e. The summed E-state index contributed by atoms with van der Waals surface area (Å²) in [4.78, 5) is 36.2. The number of amides is 2. The molecule has 1 fully saturated rings. The van der Waals surface area contributed by atoms with Gasteiger partial charge in [-0.15, -0.1) is 12.4 Å². The number of carbonyl (C=O) groups is 3. The van der Waals surface area contributed by atoms with E-state index in [1.54, 1.807) is 14.0 Å². The first-order valence-electron chi connectivity index (χ1n) is 7.38. The molecular formula is C14H26ClN3O4. The van der Waals surface area contributed by atoms with Gasteiger partial charge in [0.05, 0.1) is 12.6 Å². The fourth-order valence-corrected chi connectivity index (χ4v) is 2.06. The summed E-state index contributed by atoms with van der Waals surface area (Å²) in [6.45, 7) is 3.49. The molecule has 0 aliphatic heterocycles. The summed E-state index contributed by atoms with van der Waals surface area (Å²) < 4.78 is 0. The van der Waals surface area contributed by atoms with Gasteiger partial charge in [0, 0.05) is 13.1 Å². The molecule has 1 aliphatic rings. The zero-order chi connectivity index (χ0) is 16.0. The van der Waals surface area contributed by atoms with E-state index in [0.717, 1.165) is 12.8 Å². The van der Waals surface area contributed by atoms with E-state index in [2.05, 4.69) is 10.6 Å². The summed E-state index contributed by atoms with van der Waals surface area (Å²) in [6.07, 6.45) is 3.17. The molecule has 0 aromatic carbocycles. The minimum atomic E-state index is -0.967. The van der Waals surface area contributed by atoms with Crippen molar-refractivity contribution in [1.82, 2.24) is 15.5 Å². The standard InChI is InChI=1S/C14H25N3O4.ClH/c1-4-5-11(14(20)21)15-9(2)13(19)17(3)8-12(18)16-10-6-7-10;/h9-11,15H,4-8H2,1-3H3,(H,16,18)(H,20,21);1H. The van der Waals surface area contributed by atoms with Crippen molar-refractivity contribution in [2.24, 2.45) is 0 Å². The van der Waals surface area contributed by atoms with Crippen LogP contribution in [0.15, 0.2) is 0 Å². The lowest BCUT2D eigenvalue weighted by atomic mass is 10.1.